The van der Waals surface area contributed by atoms with Gasteiger partial charge in [-0.15, -0.1) is 0 Å². The Labute approximate surface area is 161 Å². The zero-order valence-corrected chi connectivity index (χ0v) is 16.9. The van der Waals surface area contributed by atoms with E-state index < -0.39 is 0 Å². The third-order valence-electron chi connectivity index (χ3n) is 4.76. The molecule has 0 aromatic heterocycles. The quantitative estimate of drug-likeness (QED) is 0.751. The molecule has 1 N–H and O–H groups in total. The third kappa shape index (κ3) is 5.17. The number of rotatable bonds is 7. The Kier molecular flexibility index (Phi) is 6.75. The van der Waals surface area contributed by atoms with Crippen molar-refractivity contribution >= 4 is 17.4 Å². The number of ether oxygens (including phenoxy) is 1. The van der Waals surface area contributed by atoms with Crippen molar-refractivity contribution in [1.29, 1.82) is 0 Å². The highest BCUT2D eigenvalue weighted by molar-refractivity contribution is 5.96. The molecule has 144 valence electrons. The highest BCUT2D eigenvalue weighted by Gasteiger charge is 2.19. The molecule has 0 aliphatic carbocycles. The number of nitrogens with one attached hydrogen (secondary N) is 1. The molecule has 0 aliphatic rings. The van der Waals surface area contributed by atoms with Gasteiger partial charge in [0, 0.05) is 17.8 Å². The lowest BCUT2D eigenvalue weighted by atomic mass is 10.0. The number of ketones is 1. The molecule has 0 saturated heterocycles. The first-order valence-corrected chi connectivity index (χ1v) is 8.99. The van der Waals surface area contributed by atoms with Gasteiger partial charge in [0.1, 0.15) is 5.75 Å². The van der Waals surface area contributed by atoms with E-state index in [-0.39, 0.29) is 17.7 Å². The number of hydrogen-bond acceptors (Lipinski definition) is 4. The first-order chi connectivity index (χ1) is 12.7. The Morgan fingerprint density at radius 2 is 1.67 bits per heavy atom. The molecule has 0 radical (unpaired) electrons. The molecule has 0 fully saturated rings. The van der Waals surface area contributed by atoms with Gasteiger partial charge in [-0.05, 0) is 75.7 Å². The van der Waals surface area contributed by atoms with Crippen molar-refractivity contribution in [1.82, 2.24) is 4.90 Å². The van der Waals surface area contributed by atoms with Gasteiger partial charge in [-0.1, -0.05) is 12.1 Å². The average Bonchev–Trinajstić information content (AvgIpc) is 2.61. The van der Waals surface area contributed by atoms with Crippen molar-refractivity contribution in [2.24, 2.45) is 0 Å². The fourth-order valence-electron chi connectivity index (χ4n) is 3.11. The third-order valence-corrected chi connectivity index (χ3v) is 4.76. The van der Waals surface area contributed by atoms with E-state index in [1.54, 1.807) is 31.4 Å². The van der Waals surface area contributed by atoms with E-state index in [0.29, 0.717) is 17.8 Å². The fourth-order valence-corrected chi connectivity index (χ4v) is 3.11. The normalized spacial score (nSPS) is 12.0. The number of Topliss-reactive ketones (excluding diaryl/α,β-unsaturated/α-hetero) is 1. The molecule has 0 spiro atoms. The summed E-state index contributed by atoms with van der Waals surface area (Å²) in [5.41, 5.74) is 4.62. The van der Waals surface area contributed by atoms with Gasteiger partial charge in [0.05, 0.1) is 13.2 Å². The zero-order chi connectivity index (χ0) is 20.1. The fraction of sp³-hybridized carbons (Fsp3) is 0.364. The Balaban J connectivity index is 2.02. The number of aryl methyl sites for hydroxylation is 2. The number of hydrogen-bond donors (Lipinski definition) is 1. The van der Waals surface area contributed by atoms with Gasteiger partial charge in [-0.3, -0.25) is 14.5 Å². The SMILES string of the molecule is COc1c(C)cc(CN(C)C(C)C(=O)Nc2ccc(C(C)=O)cc2)cc1C. The summed E-state index contributed by atoms with van der Waals surface area (Å²) in [6, 6.07) is 10.8. The summed E-state index contributed by atoms with van der Waals surface area (Å²) in [6.07, 6.45) is 0. The summed E-state index contributed by atoms with van der Waals surface area (Å²) in [4.78, 5) is 25.9. The van der Waals surface area contributed by atoms with Gasteiger partial charge in [0.2, 0.25) is 5.91 Å². The van der Waals surface area contributed by atoms with E-state index in [2.05, 4.69) is 17.4 Å². The monoisotopic (exact) mass is 368 g/mol. The lowest BCUT2D eigenvalue weighted by Crippen LogP contribution is -2.39. The van der Waals surface area contributed by atoms with Crippen molar-refractivity contribution in [2.45, 2.75) is 40.3 Å². The maximum atomic E-state index is 12.6. The molecular formula is C22H28N2O3. The van der Waals surface area contributed by atoms with Crippen LogP contribution in [0.5, 0.6) is 5.75 Å². The Morgan fingerprint density at radius 1 is 1.11 bits per heavy atom. The van der Waals surface area contributed by atoms with Crippen LogP contribution in [-0.4, -0.2) is 36.8 Å². The van der Waals surface area contributed by atoms with E-state index in [1.807, 2.05) is 32.7 Å². The van der Waals surface area contributed by atoms with E-state index >= 15 is 0 Å². The van der Waals surface area contributed by atoms with Crippen LogP contribution in [0.4, 0.5) is 5.69 Å². The van der Waals surface area contributed by atoms with Crippen LogP contribution in [-0.2, 0) is 11.3 Å². The van der Waals surface area contributed by atoms with Gasteiger partial charge in [0.25, 0.3) is 0 Å². The molecule has 1 unspecified atom stereocenters. The van der Waals surface area contributed by atoms with Crippen molar-refractivity contribution in [3.05, 3.63) is 58.7 Å². The number of carbonyl (C=O) groups is 2. The highest BCUT2D eigenvalue weighted by Crippen LogP contribution is 2.25. The molecule has 0 saturated carbocycles. The Morgan fingerprint density at radius 3 is 2.15 bits per heavy atom. The number of benzene rings is 2. The largest absolute Gasteiger partial charge is 0.496 e. The minimum atomic E-state index is -0.305. The van der Waals surface area contributed by atoms with Gasteiger partial charge >= 0.3 is 0 Å². The molecular weight excluding hydrogens is 340 g/mol. The zero-order valence-electron chi connectivity index (χ0n) is 16.9. The topological polar surface area (TPSA) is 58.6 Å². The van der Waals surface area contributed by atoms with E-state index in [4.69, 9.17) is 4.74 Å². The van der Waals surface area contributed by atoms with Crippen molar-refractivity contribution in [3.8, 4) is 5.75 Å². The number of amides is 1. The first-order valence-electron chi connectivity index (χ1n) is 8.99. The number of anilines is 1. The second-order valence-electron chi connectivity index (χ2n) is 6.98. The van der Waals surface area contributed by atoms with Crippen LogP contribution in [0.3, 0.4) is 0 Å². The van der Waals surface area contributed by atoms with Crippen LogP contribution >= 0.6 is 0 Å². The van der Waals surface area contributed by atoms with Crippen molar-refractivity contribution in [3.63, 3.8) is 0 Å². The number of likely N-dealkylation sites (N-methyl/N-ethyl adjacent to an activating group) is 1. The molecule has 5 heteroatoms. The molecule has 0 aliphatic heterocycles. The maximum Gasteiger partial charge on any atom is 0.241 e. The molecule has 5 nitrogen and oxygen atoms in total. The van der Waals surface area contributed by atoms with Crippen LogP contribution in [0, 0.1) is 13.8 Å². The van der Waals surface area contributed by atoms with Crippen molar-refractivity contribution in [2.75, 3.05) is 19.5 Å². The van der Waals surface area contributed by atoms with Crippen LogP contribution in [0.1, 0.15) is 40.9 Å². The second-order valence-corrected chi connectivity index (χ2v) is 6.98. The van der Waals surface area contributed by atoms with Gasteiger partial charge < -0.3 is 10.1 Å². The molecule has 1 amide bonds. The number of carbonyl (C=O) groups excluding carboxylic acids is 2. The summed E-state index contributed by atoms with van der Waals surface area (Å²) in [5.74, 6) is 0.822. The smallest absolute Gasteiger partial charge is 0.241 e. The summed E-state index contributed by atoms with van der Waals surface area (Å²) >= 11 is 0. The summed E-state index contributed by atoms with van der Waals surface area (Å²) in [6.45, 7) is 8.10. The molecule has 27 heavy (non-hydrogen) atoms. The molecule has 0 bridgehead atoms. The molecule has 2 rings (SSSR count). The van der Waals surface area contributed by atoms with Gasteiger partial charge in [-0.2, -0.15) is 0 Å². The number of methoxy groups -OCH3 is 1. The Hall–Kier alpha value is -2.66. The summed E-state index contributed by atoms with van der Waals surface area (Å²) in [7, 11) is 3.61. The van der Waals surface area contributed by atoms with Gasteiger partial charge in [-0.25, -0.2) is 0 Å². The van der Waals surface area contributed by atoms with Crippen LogP contribution in [0.25, 0.3) is 0 Å². The first kappa shape index (κ1) is 20.6. The number of nitrogens with zero attached hydrogens (tertiary/aromatic N) is 1. The minimum absolute atomic E-state index is 0.00561. The summed E-state index contributed by atoms with van der Waals surface area (Å²) < 4.78 is 5.41. The second kappa shape index (κ2) is 8.82. The van der Waals surface area contributed by atoms with E-state index in [0.717, 1.165) is 22.4 Å². The van der Waals surface area contributed by atoms with Crippen LogP contribution in [0.15, 0.2) is 36.4 Å². The molecule has 1 atom stereocenters. The predicted molar refractivity (Wildman–Crippen MR) is 108 cm³/mol. The van der Waals surface area contributed by atoms with Gasteiger partial charge in [0.15, 0.2) is 5.78 Å². The lowest BCUT2D eigenvalue weighted by molar-refractivity contribution is -0.120. The lowest BCUT2D eigenvalue weighted by Gasteiger charge is -2.24. The Bertz CT molecular complexity index is 805. The minimum Gasteiger partial charge on any atom is -0.496 e. The molecule has 2 aromatic rings. The average molecular weight is 368 g/mol. The van der Waals surface area contributed by atoms with Crippen LogP contribution in [0.2, 0.25) is 0 Å². The van der Waals surface area contributed by atoms with Crippen LogP contribution < -0.4 is 10.1 Å². The maximum absolute atomic E-state index is 12.6. The van der Waals surface area contributed by atoms with E-state index in [9.17, 15) is 9.59 Å². The predicted octanol–water partition coefficient (Wildman–Crippen LogP) is 3.97. The molecule has 0 heterocycles. The van der Waals surface area contributed by atoms with Crippen molar-refractivity contribution < 1.29 is 14.3 Å². The standard InChI is InChI=1S/C22H28N2O3/c1-14-11-18(12-15(2)21(14)27-6)13-24(5)16(3)22(26)23-20-9-7-19(8-10-20)17(4)25/h7-12,16H,13H2,1-6H3,(H,23,26). The summed E-state index contributed by atoms with van der Waals surface area (Å²) in [5, 5.41) is 2.90. The highest BCUT2D eigenvalue weighted by atomic mass is 16.5. The van der Waals surface area contributed by atoms with E-state index in [1.165, 1.54) is 6.92 Å². The molecule has 2 aromatic carbocycles.